The zero-order chi connectivity index (χ0) is 18.6. The minimum Gasteiger partial charge on any atom is -0.508 e. The predicted molar refractivity (Wildman–Crippen MR) is 95.6 cm³/mol. The van der Waals surface area contributed by atoms with E-state index in [2.05, 4.69) is 10.6 Å². The van der Waals surface area contributed by atoms with Gasteiger partial charge in [-0.05, 0) is 57.9 Å². The number of amides is 2. The lowest BCUT2D eigenvalue weighted by Gasteiger charge is -2.24. The summed E-state index contributed by atoms with van der Waals surface area (Å²) in [6.07, 6.45) is 0.643. The molecular weight excluding hydrogens is 320 g/mol. The number of urea groups is 1. The molecule has 1 heterocycles. The number of furan rings is 1. The van der Waals surface area contributed by atoms with Crippen LogP contribution in [-0.4, -0.2) is 28.8 Å². The van der Waals surface area contributed by atoms with E-state index in [4.69, 9.17) is 4.42 Å². The summed E-state index contributed by atoms with van der Waals surface area (Å²) >= 11 is 0. The molecule has 6 nitrogen and oxygen atoms in total. The quantitative estimate of drug-likeness (QED) is 0.647. The van der Waals surface area contributed by atoms with Crippen molar-refractivity contribution >= 4 is 6.03 Å². The van der Waals surface area contributed by atoms with Crippen LogP contribution >= 0.6 is 0 Å². The lowest BCUT2D eigenvalue weighted by atomic mass is 9.96. The number of carbonyl (C=O) groups is 1. The number of aromatic hydroxyl groups is 1. The van der Waals surface area contributed by atoms with E-state index < -0.39 is 5.60 Å². The molecule has 0 spiro atoms. The first kappa shape index (κ1) is 18.9. The summed E-state index contributed by atoms with van der Waals surface area (Å²) in [6, 6.07) is 8.23. The van der Waals surface area contributed by atoms with Crippen LogP contribution in [0.15, 0.2) is 34.7 Å². The second-order valence-corrected chi connectivity index (χ2v) is 6.70. The summed E-state index contributed by atoms with van der Waals surface area (Å²) in [6.45, 7) is 7.22. The average Bonchev–Trinajstić information content (AvgIpc) is 2.87. The van der Waals surface area contributed by atoms with Crippen LogP contribution in [0, 0.1) is 13.8 Å². The van der Waals surface area contributed by atoms with Crippen LogP contribution in [0.2, 0.25) is 0 Å². The van der Waals surface area contributed by atoms with Gasteiger partial charge >= 0.3 is 6.03 Å². The summed E-state index contributed by atoms with van der Waals surface area (Å²) in [7, 11) is 0. The monoisotopic (exact) mass is 346 g/mol. The van der Waals surface area contributed by atoms with Gasteiger partial charge in [0.25, 0.3) is 0 Å². The first-order valence-electron chi connectivity index (χ1n) is 8.29. The second-order valence-electron chi connectivity index (χ2n) is 6.70. The maximum Gasteiger partial charge on any atom is 0.315 e. The fourth-order valence-corrected chi connectivity index (χ4v) is 2.82. The molecule has 2 aromatic rings. The average molecular weight is 346 g/mol. The third kappa shape index (κ3) is 5.26. The number of nitrogens with one attached hydrogen (secondary N) is 2. The SMILES string of the molecule is Cc1cc(C(C)(O)CNC(=O)NC(C)Cc2ccc(O)cc2)c(C)o1. The Labute approximate surface area is 147 Å². The molecule has 1 aromatic heterocycles. The third-order valence-corrected chi connectivity index (χ3v) is 4.07. The molecule has 136 valence electrons. The number of phenolic OH excluding ortho intramolecular Hbond substituents is 1. The number of hydrogen-bond acceptors (Lipinski definition) is 4. The number of rotatable bonds is 6. The highest BCUT2D eigenvalue weighted by molar-refractivity contribution is 5.74. The largest absolute Gasteiger partial charge is 0.508 e. The molecule has 6 heteroatoms. The smallest absolute Gasteiger partial charge is 0.315 e. The van der Waals surface area contributed by atoms with Crippen molar-refractivity contribution in [3.63, 3.8) is 0 Å². The van der Waals surface area contributed by atoms with E-state index in [0.717, 1.165) is 11.3 Å². The zero-order valence-electron chi connectivity index (χ0n) is 15.1. The molecule has 4 N–H and O–H groups in total. The van der Waals surface area contributed by atoms with Gasteiger partial charge in [0.2, 0.25) is 0 Å². The molecule has 0 fully saturated rings. The molecule has 0 aliphatic carbocycles. The van der Waals surface area contributed by atoms with Gasteiger partial charge in [0.1, 0.15) is 22.9 Å². The molecule has 2 amide bonds. The second kappa shape index (κ2) is 7.61. The van der Waals surface area contributed by atoms with Crippen molar-refractivity contribution in [2.45, 2.75) is 45.8 Å². The van der Waals surface area contributed by atoms with Gasteiger partial charge in [0.15, 0.2) is 0 Å². The topological polar surface area (TPSA) is 94.7 Å². The first-order valence-corrected chi connectivity index (χ1v) is 8.29. The molecule has 1 aromatic carbocycles. The lowest BCUT2D eigenvalue weighted by molar-refractivity contribution is 0.0578. The van der Waals surface area contributed by atoms with Crippen LogP contribution < -0.4 is 10.6 Å². The van der Waals surface area contributed by atoms with Gasteiger partial charge in [0.05, 0.1) is 6.54 Å². The van der Waals surface area contributed by atoms with Gasteiger partial charge in [0, 0.05) is 11.6 Å². The molecule has 0 radical (unpaired) electrons. The standard InChI is InChI=1S/C19H26N2O4/c1-12(9-15-5-7-16(22)8-6-15)21-18(23)20-11-19(4,24)17-10-13(2)25-14(17)3/h5-8,10,12,22,24H,9,11H2,1-4H3,(H2,20,21,23). The molecule has 0 aliphatic rings. The molecule has 0 saturated heterocycles. The van der Waals surface area contributed by atoms with Crippen molar-refractivity contribution < 1.29 is 19.4 Å². The molecule has 25 heavy (non-hydrogen) atoms. The van der Waals surface area contributed by atoms with Crippen molar-refractivity contribution in [1.29, 1.82) is 0 Å². The highest BCUT2D eigenvalue weighted by Gasteiger charge is 2.28. The number of aryl methyl sites for hydroxylation is 2. The molecule has 0 aliphatic heterocycles. The summed E-state index contributed by atoms with van der Waals surface area (Å²) in [5.74, 6) is 1.58. The summed E-state index contributed by atoms with van der Waals surface area (Å²) in [4.78, 5) is 12.1. The van der Waals surface area contributed by atoms with Gasteiger partial charge in [-0.1, -0.05) is 12.1 Å². The first-order chi connectivity index (χ1) is 11.7. The van der Waals surface area contributed by atoms with Crippen molar-refractivity contribution in [3.05, 3.63) is 53.0 Å². The van der Waals surface area contributed by atoms with Crippen LogP contribution in [0.25, 0.3) is 0 Å². The predicted octanol–water partition coefficient (Wildman–Crippen LogP) is 2.74. The maximum absolute atomic E-state index is 12.1. The van der Waals surface area contributed by atoms with Crippen molar-refractivity contribution in [2.75, 3.05) is 6.54 Å². The summed E-state index contributed by atoms with van der Waals surface area (Å²) in [5.41, 5.74) is 0.476. The van der Waals surface area contributed by atoms with Crippen LogP contribution in [0.4, 0.5) is 4.79 Å². The highest BCUT2D eigenvalue weighted by Crippen LogP contribution is 2.26. The van der Waals surface area contributed by atoms with Gasteiger partial charge < -0.3 is 25.3 Å². The van der Waals surface area contributed by atoms with Gasteiger partial charge in [-0.25, -0.2) is 4.79 Å². The maximum atomic E-state index is 12.1. The fourth-order valence-electron chi connectivity index (χ4n) is 2.82. The Bertz CT molecular complexity index is 720. The third-order valence-electron chi connectivity index (χ3n) is 4.07. The van der Waals surface area contributed by atoms with Gasteiger partial charge in [-0.15, -0.1) is 0 Å². The molecule has 0 saturated carbocycles. The number of carbonyl (C=O) groups excluding carboxylic acids is 1. The van der Waals surface area contributed by atoms with E-state index >= 15 is 0 Å². The minimum absolute atomic E-state index is 0.0740. The van der Waals surface area contributed by atoms with E-state index in [9.17, 15) is 15.0 Å². The van der Waals surface area contributed by atoms with Gasteiger partial charge in [-0.3, -0.25) is 0 Å². The van der Waals surface area contributed by atoms with Crippen molar-refractivity contribution in [1.82, 2.24) is 10.6 Å². The Morgan fingerprint density at radius 3 is 2.48 bits per heavy atom. The minimum atomic E-state index is -1.21. The van der Waals surface area contributed by atoms with E-state index in [1.54, 1.807) is 32.0 Å². The number of hydrogen-bond donors (Lipinski definition) is 4. The van der Waals surface area contributed by atoms with Gasteiger partial charge in [-0.2, -0.15) is 0 Å². The Hall–Kier alpha value is -2.47. The van der Waals surface area contributed by atoms with E-state index in [1.807, 2.05) is 26.0 Å². The Kier molecular flexibility index (Phi) is 5.74. The number of phenols is 1. The molecular formula is C19H26N2O4. The zero-order valence-corrected chi connectivity index (χ0v) is 15.1. The Morgan fingerprint density at radius 1 is 1.28 bits per heavy atom. The normalized spacial score (nSPS) is 14.6. The van der Waals surface area contributed by atoms with Crippen LogP contribution in [0.5, 0.6) is 5.75 Å². The van der Waals surface area contributed by atoms with Crippen LogP contribution in [0.1, 0.15) is 36.5 Å². The molecule has 2 rings (SSSR count). The summed E-state index contributed by atoms with van der Waals surface area (Å²) in [5, 5.41) is 25.4. The Morgan fingerprint density at radius 2 is 1.92 bits per heavy atom. The molecule has 0 bridgehead atoms. The van der Waals surface area contributed by atoms with Crippen molar-refractivity contribution in [2.24, 2.45) is 0 Å². The number of aliphatic hydroxyl groups is 1. The molecule has 2 atom stereocenters. The van der Waals surface area contributed by atoms with Crippen LogP contribution in [-0.2, 0) is 12.0 Å². The van der Waals surface area contributed by atoms with Crippen LogP contribution in [0.3, 0.4) is 0 Å². The van der Waals surface area contributed by atoms with Crippen molar-refractivity contribution in [3.8, 4) is 5.75 Å². The molecule has 2 unspecified atom stereocenters. The Balaban J connectivity index is 1.85. The van der Waals surface area contributed by atoms with E-state index in [0.29, 0.717) is 17.7 Å². The summed E-state index contributed by atoms with van der Waals surface area (Å²) < 4.78 is 5.44. The van der Waals surface area contributed by atoms with E-state index in [-0.39, 0.29) is 24.4 Å². The van der Waals surface area contributed by atoms with E-state index in [1.165, 1.54) is 0 Å². The fraction of sp³-hybridized carbons (Fsp3) is 0.421. The highest BCUT2D eigenvalue weighted by atomic mass is 16.3. The lowest BCUT2D eigenvalue weighted by Crippen LogP contribution is -2.46. The number of benzene rings is 1.